The zero-order valence-electron chi connectivity index (χ0n) is 13.5. The number of likely N-dealkylation sites (N-methyl/N-ethyl adjacent to an activating group) is 1. The molecule has 2 N–H and O–H groups in total. The van der Waals surface area contributed by atoms with Gasteiger partial charge < -0.3 is 10.6 Å². The fourth-order valence-electron chi connectivity index (χ4n) is 4.86. The first-order valence-electron chi connectivity index (χ1n) is 8.98. The Morgan fingerprint density at radius 3 is 2.62 bits per heavy atom. The van der Waals surface area contributed by atoms with Gasteiger partial charge in [-0.15, -0.1) is 0 Å². The number of carbonyl (C=O) groups excluding carboxylic acids is 1. The number of nitrogens with one attached hydrogen (secondary N) is 2. The van der Waals surface area contributed by atoms with Crippen LogP contribution in [0.2, 0.25) is 0 Å². The summed E-state index contributed by atoms with van der Waals surface area (Å²) in [4.78, 5) is 14.8. The first kappa shape index (κ1) is 15.3. The molecular formula is C17H31N3O. The minimum atomic E-state index is 0.0429. The van der Waals surface area contributed by atoms with Crippen LogP contribution in [-0.4, -0.2) is 49.1 Å². The van der Waals surface area contributed by atoms with E-state index in [1.54, 1.807) is 0 Å². The van der Waals surface area contributed by atoms with E-state index >= 15 is 0 Å². The molecule has 3 aliphatic rings. The predicted octanol–water partition coefficient (Wildman–Crippen LogP) is 1.90. The van der Waals surface area contributed by atoms with Crippen LogP contribution in [0.5, 0.6) is 0 Å². The van der Waals surface area contributed by atoms with Crippen LogP contribution >= 0.6 is 0 Å². The summed E-state index contributed by atoms with van der Waals surface area (Å²) in [6.45, 7) is 5.60. The third kappa shape index (κ3) is 3.26. The van der Waals surface area contributed by atoms with Gasteiger partial charge in [-0.25, -0.2) is 0 Å². The van der Waals surface area contributed by atoms with Crippen LogP contribution in [0.15, 0.2) is 0 Å². The van der Waals surface area contributed by atoms with Gasteiger partial charge in [0.25, 0.3) is 0 Å². The highest BCUT2D eigenvalue weighted by Crippen LogP contribution is 2.49. The Hall–Kier alpha value is -0.610. The summed E-state index contributed by atoms with van der Waals surface area (Å²) in [5.41, 5.74) is 0.686. The summed E-state index contributed by atoms with van der Waals surface area (Å²) in [5, 5.41) is 6.40. The highest BCUT2D eigenvalue weighted by Gasteiger charge is 2.41. The van der Waals surface area contributed by atoms with Crippen LogP contribution in [-0.2, 0) is 4.79 Å². The van der Waals surface area contributed by atoms with Crippen molar-refractivity contribution in [1.82, 2.24) is 15.5 Å². The van der Waals surface area contributed by atoms with Crippen LogP contribution in [0.25, 0.3) is 0 Å². The van der Waals surface area contributed by atoms with Crippen LogP contribution in [0, 0.1) is 5.41 Å². The van der Waals surface area contributed by atoms with E-state index in [1.807, 2.05) is 6.92 Å². The average molecular weight is 293 g/mol. The summed E-state index contributed by atoms with van der Waals surface area (Å²) < 4.78 is 0. The van der Waals surface area contributed by atoms with Crippen LogP contribution < -0.4 is 10.6 Å². The van der Waals surface area contributed by atoms with Gasteiger partial charge in [-0.3, -0.25) is 9.69 Å². The van der Waals surface area contributed by atoms with Crippen molar-refractivity contribution in [3.8, 4) is 0 Å². The van der Waals surface area contributed by atoms with Gasteiger partial charge in [0.05, 0.1) is 0 Å². The zero-order valence-corrected chi connectivity index (χ0v) is 13.5. The molecule has 2 aliphatic carbocycles. The maximum Gasteiger partial charge on any atom is 0.238 e. The standard InChI is InChI=1S/C17H31N3O/c1-2-19-16(21)15-13-18-11-12-20(15)14-5-9-17(10-6-14)7-3-4-8-17/h14-15,18H,2-13H2,1H3,(H,19,21). The van der Waals surface area contributed by atoms with Crippen molar-refractivity contribution in [3.63, 3.8) is 0 Å². The Morgan fingerprint density at radius 2 is 1.95 bits per heavy atom. The van der Waals surface area contributed by atoms with Gasteiger partial charge in [-0.05, 0) is 50.9 Å². The number of piperazine rings is 1. The van der Waals surface area contributed by atoms with Crippen molar-refractivity contribution in [3.05, 3.63) is 0 Å². The molecule has 1 saturated heterocycles. The number of hydrogen-bond donors (Lipinski definition) is 2. The quantitative estimate of drug-likeness (QED) is 0.835. The predicted molar refractivity (Wildman–Crippen MR) is 85.2 cm³/mol. The van der Waals surface area contributed by atoms with Crippen molar-refractivity contribution in [2.45, 2.75) is 70.4 Å². The van der Waals surface area contributed by atoms with Crippen molar-refractivity contribution >= 4 is 5.91 Å². The van der Waals surface area contributed by atoms with E-state index in [-0.39, 0.29) is 11.9 Å². The van der Waals surface area contributed by atoms with Gasteiger partial charge in [0.1, 0.15) is 6.04 Å². The van der Waals surface area contributed by atoms with Gasteiger partial charge in [0.15, 0.2) is 0 Å². The van der Waals surface area contributed by atoms with E-state index in [2.05, 4.69) is 15.5 Å². The van der Waals surface area contributed by atoms with E-state index in [1.165, 1.54) is 51.4 Å². The minimum Gasteiger partial charge on any atom is -0.355 e. The number of amides is 1. The molecule has 0 aromatic heterocycles. The second-order valence-corrected chi connectivity index (χ2v) is 7.29. The molecule has 0 aromatic carbocycles. The Balaban J connectivity index is 1.60. The molecule has 4 nitrogen and oxygen atoms in total. The molecule has 21 heavy (non-hydrogen) atoms. The van der Waals surface area contributed by atoms with Gasteiger partial charge in [0, 0.05) is 32.2 Å². The van der Waals surface area contributed by atoms with E-state index in [4.69, 9.17) is 0 Å². The van der Waals surface area contributed by atoms with Crippen LogP contribution in [0.3, 0.4) is 0 Å². The zero-order chi connectivity index (χ0) is 14.7. The summed E-state index contributed by atoms with van der Waals surface area (Å²) in [6, 6.07) is 0.673. The van der Waals surface area contributed by atoms with E-state index in [9.17, 15) is 4.79 Å². The number of nitrogens with zero attached hydrogens (tertiary/aromatic N) is 1. The molecule has 0 bridgehead atoms. The fourth-order valence-corrected chi connectivity index (χ4v) is 4.86. The largest absolute Gasteiger partial charge is 0.355 e. The third-order valence-corrected chi connectivity index (χ3v) is 6.09. The normalized spacial score (nSPS) is 30.6. The molecule has 1 spiro atoms. The lowest BCUT2D eigenvalue weighted by molar-refractivity contribution is -0.128. The molecule has 1 aliphatic heterocycles. The Kier molecular flexibility index (Phi) is 4.85. The first-order chi connectivity index (χ1) is 10.2. The summed E-state index contributed by atoms with van der Waals surface area (Å²) in [5.74, 6) is 0.214. The SMILES string of the molecule is CCNC(=O)C1CNCCN1C1CCC2(CCCC2)CC1. The van der Waals surface area contributed by atoms with Gasteiger partial charge in [-0.1, -0.05) is 12.8 Å². The molecule has 1 amide bonds. The Bertz CT molecular complexity index is 355. The Labute approximate surface area is 129 Å². The van der Waals surface area contributed by atoms with Gasteiger partial charge >= 0.3 is 0 Å². The third-order valence-electron chi connectivity index (χ3n) is 6.09. The summed E-state index contributed by atoms with van der Waals surface area (Å²) in [6.07, 6.45) is 11.2. The maximum atomic E-state index is 12.3. The lowest BCUT2D eigenvalue weighted by Gasteiger charge is -2.46. The molecule has 120 valence electrons. The lowest BCUT2D eigenvalue weighted by atomic mass is 9.71. The molecule has 2 saturated carbocycles. The Morgan fingerprint density at radius 1 is 1.24 bits per heavy atom. The smallest absolute Gasteiger partial charge is 0.238 e. The second-order valence-electron chi connectivity index (χ2n) is 7.29. The molecule has 0 aromatic rings. The average Bonchev–Trinajstić information content (AvgIpc) is 2.97. The second kappa shape index (κ2) is 6.66. The van der Waals surface area contributed by atoms with Crippen molar-refractivity contribution in [2.75, 3.05) is 26.2 Å². The fraction of sp³-hybridized carbons (Fsp3) is 0.941. The minimum absolute atomic E-state index is 0.0429. The maximum absolute atomic E-state index is 12.3. The molecule has 3 fully saturated rings. The number of carbonyl (C=O) groups is 1. The van der Waals surface area contributed by atoms with Crippen LogP contribution in [0.1, 0.15) is 58.3 Å². The molecule has 3 rings (SSSR count). The summed E-state index contributed by atoms with van der Waals surface area (Å²) in [7, 11) is 0. The molecule has 0 radical (unpaired) electrons. The first-order valence-corrected chi connectivity index (χ1v) is 8.98. The van der Waals surface area contributed by atoms with Gasteiger partial charge in [0.2, 0.25) is 5.91 Å². The highest BCUT2D eigenvalue weighted by atomic mass is 16.2. The molecule has 1 heterocycles. The molecular weight excluding hydrogens is 262 g/mol. The highest BCUT2D eigenvalue weighted by molar-refractivity contribution is 5.82. The lowest BCUT2D eigenvalue weighted by Crippen LogP contribution is -2.61. The topological polar surface area (TPSA) is 44.4 Å². The number of rotatable bonds is 3. The molecule has 4 heteroatoms. The molecule has 1 atom stereocenters. The van der Waals surface area contributed by atoms with Crippen LogP contribution in [0.4, 0.5) is 0 Å². The van der Waals surface area contributed by atoms with E-state index < -0.39 is 0 Å². The molecule has 1 unspecified atom stereocenters. The van der Waals surface area contributed by atoms with Crippen molar-refractivity contribution in [1.29, 1.82) is 0 Å². The van der Waals surface area contributed by atoms with Crippen molar-refractivity contribution in [2.24, 2.45) is 5.41 Å². The monoisotopic (exact) mass is 293 g/mol. The summed E-state index contributed by atoms with van der Waals surface area (Å²) >= 11 is 0. The van der Waals surface area contributed by atoms with Gasteiger partial charge in [-0.2, -0.15) is 0 Å². The van der Waals surface area contributed by atoms with E-state index in [0.717, 1.165) is 26.2 Å². The van der Waals surface area contributed by atoms with E-state index in [0.29, 0.717) is 11.5 Å². The van der Waals surface area contributed by atoms with Crippen molar-refractivity contribution < 1.29 is 4.79 Å². The number of hydrogen-bond acceptors (Lipinski definition) is 3.